The van der Waals surface area contributed by atoms with E-state index >= 15 is 0 Å². The molecule has 1 aromatic carbocycles. The maximum absolute atomic E-state index is 13.1. The molecule has 0 unspecified atom stereocenters. The van der Waals surface area contributed by atoms with E-state index in [9.17, 15) is 9.18 Å². The van der Waals surface area contributed by atoms with Crippen molar-refractivity contribution in [3.8, 4) is 5.69 Å². The predicted molar refractivity (Wildman–Crippen MR) is 105 cm³/mol. The maximum atomic E-state index is 13.1. The third-order valence-electron chi connectivity index (χ3n) is 4.51. The topological polar surface area (TPSA) is 42.6 Å². The maximum Gasteiger partial charge on any atom is 0.236 e. The van der Waals surface area contributed by atoms with Crippen LogP contribution in [0.1, 0.15) is 13.8 Å². The van der Waals surface area contributed by atoms with Crippen LogP contribution >= 0.6 is 35.3 Å². The fraction of sp³-hybridized carbons (Fsp3) is 0.471. The second kappa shape index (κ2) is 8.60. The molecule has 1 fully saturated rings. The number of halogens is 1. The molecule has 26 heavy (non-hydrogen) atoms. The summed E-state index contributed by atoms with van der Waals surface area (Å²) in [5, 5.41) is 4.29. The van der Waals surface area contributed by atoms with Crippen LogP contribution in [-0.4, -0.2) is 58.6 Å². The van der Waals surface area contributed by atoms with Gasteiger partial charge in [0.15, 0.2) is 8.29 Å². The lowest BCUT2D eigenvalue weighted by atomic mass is 10.3. The van der Waals surface area contributed by atoms with Crippen molar-refractivity contribution in [1.82, 2.24) is 14.7 Å². The smallest absolute Gasteiger partial charge is 0.236 e. The monoisotopic (exact) mass is 413 g/mol. The number of hydrogen-bond acceptors (Lipinski definition) is 5. The zero-order chi connectivity index (χ0) is 18.7. The Morgan fingerprint density at radius 1 is 1.38 bits per heavy atom. The summed E-state index contributed by atoms with van der Waals surface area (Å²) in [5.74, 6) is -0.145. The van der Waals surface area contributed by atoms with Gasteiger partial charge in [0.05, 0.1) is 43.7 Å². The van der Waals surface area contributed by atoms with Crippen LogP contribution in [0.15, 0.2) is 28.6 Å². The average molecular weight is 414 g/mol. The molecule has 0 bridgehead atoms. The van der Waals surface area contributed by atoms with Gasteiger partial charge in [0, 0.05) is 0 Å². The number of thioether (sulfide) groups is 1. The van der Waals surface area contributed by atoms with E-state index in [4.69, 9.17) is 12.2 Å². The van der Waals surface area contributed by atoms with Gasteiger partial charge in [-0.25, -0.2) is 9.07 Å². The molecule has 1 atom stereocenters. The molecular weight excluding hydrogens is 391 g/mol. The minimum atomic E-state index is -0.297. The predicted octanol–water partition coefficient (Wildman–Crippen LogP) is 2.03. The van der Waals surface area contributed by atoms with Gasteiger partial charge in [-0.05, 0) is 50.3 Å². The van der Waals surface area contributed by atoms with Crippen LogP contribution in [0.4, 0.5) is 4.39 Å². The van der Waals surface area contributed by atoms with Crippen LogP contribution in [-0.2, 0) is 4.79 Å². The number of carbonyl (C=O) groups excluding carboxylic acids is 1. The molecule has 140 valence electrons. The summed E-state index contributed by atoms with van der Waals surface area (Å²) in [6.45, 7) is 8.85. The van der Waals surface area contributed by atoms with E-state index in [0.29, 0.717) is 3.95 Å². The van der Waals surface area contributed by atoms with Crippen LogP contribution in [0.2, 0.25) is 0 Å². The fourth-order valence-electron chi connectivity index (χ4n) is 2.91. The van der Waals surface area contributed by atoms with Gasteiger partial charge in [-0.3, -0.25) is 4.79 Å². The third-order valence-corrected chi connectivity index (χ3v) is 6.91. The Labute approximate surface area is 165 Å². The van der Waals surface area contributed by atoms with E-state index in [-0.39, 0.29) is 17.0 Å². The van der Waals surface area contributed by atoms with E-state index < -0.39 is 0 Å². The zero-order valence-electron chi connectivity index (χ0n) is 14.8. The summed E-state index contributed by atoms with van der Waals surface area (Å²) in [7, 11) is 0. The van der Waals surface area contributed by atoms with E-state index in [0.717, 1.165) is 42.8 Å². The Bertz CT molecular complexity index is 812. The Kier molecular flexibility index (Phi) is 6.44. The van der Waals surface area contributed by atoms with Crippen LogP contribution < -0.4 is 4.90 Å². The summed E-state index contributed by atoms with van der Waals surface area (Å²) in [4.78, 5) is 16.2. The molecule has 5 nitrogen and oxygen atoms in total. The lowest BCUT2D eigenvalue weighted by molar-refractivity contribution is -0.902. The number of piperazine rings is 1. The highest BCUT2D eigenvalue weighted by Crippen LogP contribution is 2.28. The Morgan fingerprint density at radius 3 is 2.65 bits per heavy atom. The average Bonchev–Trinajstić information content (AvgIpc) is 3.02. The third kappa shape index (κ3) is 4.51. The quantitative estimate of drug-likeness (QED) is 0.602. The van der Waals surface area contributed by atoms with Gasteiger partial charge < -0.3 is 9.80 Å². The first-order valence-electron chi connectivity index (χ1n) is 8.63. The minimum absolute atomic E-state index is 0.152. The van der Waals surface area contributed by atoms with Crippen molar-refractivity contribution >= 4 is 41.2 Å². The second-order valence-corrected chi connectivity index (χ2v) is 9.42. The van der Waals surface area contributed by atoms with Gasteiger partial charge in [0.1, 0.15) is 5.82 Å². The molecule has 1 N–H and O–H groups in total. The molecule has 1 amide bonds. The molecule has 0 spiro atoms. The van der Waals surface area contributed by atoms with Crippen LogP contribution in [0.3, 0.4) is 0 Å². The van der Waals surface area contributed by atoms with Gasteiger partial charge in [-0.2, -0.15) is 0 Å². The normalized spacial score (nSPS) is 16.7. The first-order chi connectivity index (χ1) is 12.5. The molecule has 3 rings (SSSR count). The second-order valence-electron chi connectivity index (χ2n) is 6.21. The fourth-order valence-corrected chi connectivity index (χ4v) is 5.50. The zero-order valence-corrected chi connectivity index (χ0v) is 17.2. The minimum Gasteiger partial charge on any atom is -0.332 e. The van der Waals surface area contributed by atoms with Crippen LogP contribution in [0, 0.1) is 9.77 Å². The van der Waals surface area contributed by atoms with Gasteiger partial charge in [-0.1, -0.05) is 23.1 Å². The number of carbonyl (C=O) groups is 1. The number of benzene rings is 1. The summed E-state index contributed by atoms with van der Waals surface area (Å²) >= 11 is 8.17. The first-order valence-corrected chi connectivity index (χ1v) is 10.7. The van der Waals surface area contributed by atoms with Crippen molar-refractivity contribution in [2.75, 3.05) is 32.7 Å². The standard InChI is InChI=1S/C17H21FN4OS3/c1-3-20-8-10-21(11-9-20)15(23)12(2)25-16-19-22(17(24)26-16)14-6-4-13(18)5-7-14/h4-7,12H,3,8-11H2,1-2H3/p+1/t12-/m1/s1. The number of likely N-dealkylation sites (N-methyl/N-ethyl adjacent to an activating group) is 1. The van der Waals surface area contributed by atoms with Crippen molar-refractivity contribution in [3.63, 3.8) is 0 Å². The van der Waals surface area contributed by atoms with Crippen LogP contribution in [0.5, 0.6) is 0 Å². The van der Waals surface area contributed by atoms with Gasteiger partial charge in [-0.15, -0.1) is 5.10 Å². The SMILES string of the molecule is CC[NH+]1CCN(C(=O)[C@@H](C)Sc2nn(-c3ccc(F)cc3)c(=S)s2)CC1. The highest BCUT2D eigenvalue weighted by Gasteiger charge is 2.27. The van der Waals surface area contributed by atoms with Gasteiger partial charge >= 0.3 is 0 Å². The largest absolute Gasteiger partial charge is 0.332 e. The number of hydrogen-bond donors (Lipinski definition) is 1. The molecule has 1 aliphatic rings. The van der Waals surface area contributed by atoms with E-state index in [1.165, 1.54) is 35.2 Å². The van der Waals surface area contributed by atoms with Crippen molar-refractivity contribution in [2.24, 2.45) is 0 Å². The summed E-state index contributed by atoms with van der Waals surface area (Å²) in [6.07, 6.45) is 0. The number of aromatic nitrogens is 2. The number of rotatable bonds is 5. The van der Waals surface area contributed by atoms with E-state index in [2.05, 4.69) is 12.0 Å². The molecule has 1 aliphatic heterocycles. The number of nitrogens with zero attached hydrogens (tertiary/aromatic N) is 3. The molecule has 1 saturated heterocycles. The number of nitrogens with one attached hydrogen (secondary N) is 1. The molecule has 2 aromatic rings. The molecule has 9 heteroatoms. The highest BCUT2D eigenvalue weighted by molar-refractivity contribution is 8.02. The number of amides is 1. The van der Waals surface area contributed by atoms with Gasteiger partial charge in [0.25, 0.3) is 0 Å². The molecule has 1 aromatic heterocycles. The summed E-state index contributed by atoms with van der Waals surface area (Å²) in [5.41, 5.74) is 0.720. The van der Waals surface area contributed by atoms with Crippen molar-refractivity contribution in [1.29, 1.82) is 0 Å². The number of quaternary nitrogens is 1. The molecular formula is C17H22FN4OS3+. The van der Waals surface area contributed by atoms with Gasteiger partial charge in [0.2, 0.25) is 5.91 Å². The van der Waals surface area contributed by atoms with Crippen molar-refractivity contribution in [2.45, 2.75) is 23.4 Å². The van der Waals surface area contributed by atoms with Crippen molar-refractivity contribution in [3.05, 3.63) is 34.0 Å². The van der Waals surface area contributed by atoms with E-state index in [1.807, 2.05) is 11.8 Å². The molecule has 0 radical (unpaired) electrons. The van der Waals surface area contributed by atoms with E-state index in [1.54, 1.807) is 21.7 Å². The Balaban J connectivity index is 1.65. The summed E-state index contributed by atoms with van der Waals surface area (Å²) < 4.78 is 16.0. The molecule has 2 heterocycles. The molecule has 0 aliphatic carbocycles. The lowest BCUT2D eigenvalue weighted by Crippen LogP contribution is -3.14. The highest BCUT2D eigenvalue weighted by atomic mass is 32.2. The van der Waals surface area contributed by atoms with Crippen molar-refractivity contribution < 1.29 is 14.1 Å². The lowest BCUT2D eigenvalue weighted by Gasteiger charge is -2.32. The Hall–Kier alpha value is -1.29. The Morgan fingerprint density at radius 2 is 2.04 bits per heavy atom. The van der Waals surface area contributed by atoms with Crippen LogP contribution in [0.25, 0.3) is 5.69 Å². The molecule has 0 saturated carbocycles. The summed E-state index contributed by atoms with van der Waals surface area (Å²) in [6, 6.07) is 6.05. The first kappa shape index (κ1) is 19.5.